The van der Waals surface area contributed by atoms with E-state index in [1.54, 1.807) is 36.8 Å². The SMILES string of the molecule is Fc1ccc(-c2ccc(-c3ccccc3-c3cc(-c4ccccc4-c4ccc(-c5ccc(F)cc5F)nc4)cc(-c4ccccc4-c4ccc(-c5ccc(F)cc5F)nc4)c3)cn2)c(F)c1. The van der Waals surface area contributed by atoms with Gasteiger partial charge in [0.2, 0.25) is 0 Å². The highest BCUT2D eigenvalue weighted by Crippen LogP contribution is 2.42. The van der Waals surface area contributed by atoms with Crippen molar-refractivity contribution >= 4 is 0 Å². The summed E-state index contributed by atoms with van der Waals surface area (Å²) in [7, 11) is 0. The van der Waals surface area contributed by atoms with Gasteiger partial charge in [-0.15, -0.1) is 0 Å². The molecule has 0 radical (unpaired) electrons. The second kappa shape index (κ2) is 17.6. The van der Waals surface area contributed by atoms with Crippen molar-refractivity contribution in [1.29, 1.82) is 0 Å². The van der Waals surface area contributed by atoms with Crippen molar-refractivity contribution in [2.24, 2.45) is 0 Å². The van der Waals surface area contributed by atoms with Crippen LogP contribution in [0.2, 0.25) is 0 Å². The summed E-state index contributed by atoms with van der Waals surface area (Å²) in [5, 5.41) is 0. The molecular weight excluding hydrogens is 841 g/mol. The molecule has 9 heteroatoms. The largest absolute Gasteiger partial charge is 0.256 e. The number of aromatic nitrogens is 3. The molecule has 0 fully saturated rings. The Kier molecular flexibility index (Phi) is 11.1. The average molecular weight is 874 g/mol. The van der Waals surface area contributed by atoms with Gasteiger partial charge in [0.1, 0.15) is 34.9 Å². The zero-order chi connectivity index (χ0) is 45.3. The van der Waals surface area contributed by atoms with Crippen molar-refractivity contribution in [2.45, 2.75) is 0 Å². The molecular formula is C57H33F6N3. The summed E-state index contributed by atoms with van der Waals surface area (Å²) in [6.45, 7) is 0. The fraction of sp³-hybridized carbons (Fsp3) is 0. The number of pyridine rings is 3. The van der Waals surface area contributed by atoms with Gasteiger partial charge in [-0.05, 0) is 123 Å². The van der Waals surface area contributed by atoms with E-state index in [2.05, 4.69) is 33.2 Å². The molecule has 0 amide bonds. The third-order valence-electron chi connectivity index (χ3n) is 11.5. The maximum absolute atomic E-state index is 14.8. The first-order valence-electron chi connectivity index (χ1n) is 20.9. The molecule has 0 spiro atoms. The van der Waals surface area contributed by atoms with E-state index in [4.69, 9.17) is 0 Å². The molecule has 0 atom stereocenters. The van der Waals surface area contributed by atoms with Gasteiger partial charge in [-0.1, -0.05) is 91.0 Å². The van der Waals surface area contributed by atoms with E-state index in [9.17, 15) is 26.3 Å². The van der Waals surface area contributed by atoms with Gasteiger partial charge < -0.3 is 0 Å². The zero-order valence-electron chi connectivity index (χ0n) is 34.7. The van der Waals surface area contributed by atoms with Crippen LogP contribution in [0.4, 0.5) is 26.3 Å². The second-order valence-corrected chi connectivity index (χ2v) is 15.6. The second-order valence-electron chi connectivity index (χ2n) is 15.6. The van der Waals surface area contributed by atoms with Gasteiger partial charge in [0, 0.05) is 70.2 Å². The molecule has 66 heavy (non-hydrogen) atoms. The highest BCUT2D eigenvalue weighted by molar-refractivity contribution is 5.94. The van der Waals surface area contributed by atoms with E-state index in [1.807, 2.05) is 91.0 Å². The predicted molar refractivity (Wildman–Crippen MR) is 248 cm³/mol. The molecule has 10 rings (SSSR count). The van der Waals surface area contributed by atoms with Crippen LogP contribution in [0.3, 0.4) is 0 Å². The quantitative estimate of drug-likeness (QED) is 0.136. The Hall–Kier alpha value is -8.43. The summed E-state index contributed by atoms with van der Waals surface area (Å²) in [5.74, 6) is -4.13. The molecule has 0 aliphatic rings. The summed E-state index contributed by atoms with van der Waals surface area (Å²) in [6.07, 6.45) is 5.03. The minimum Gasteiger partial charge on any atom is -0.256 e. The lowest BCUT2D eigenvalue weighted by Gasteiger charge is -2.18. The Bertz CT molecular complexity index is 3050. The van der Waals surface area contributed by atoms with Gasteiger partial charge in [0.25, 0.3) is 0 Å². The van der Waals surface area contributed by atoms with Crippen LogP contribution >= 0.6 is 0 Å². The molecule has 0 aliphatic carbocycles. The van der Waals surface area contributed by atoms with E-state index in [-0.39, 0.29) is 16.7 Å². The van der Waals surface area contributed by atoms with Crippen LogP contribution in [0.5, 0.6) is 0 Å². The number of rotatable bonds is 9. The molecule has 0 saturated heterocycles. The number of halogens is 6. The predicted octanol–water partition coefficient (Wildman–Crippen LogP) is 15.7. The Morgan fingerprint density at radius 1 is 0.227 bits per heavy atom. The Labute approximate surface area is 376 Å². The van der Waals surface area contributed by atoms with E-state index < -0.39 is 34.9 Å². The standard InChI is InChI=1S/C57H33F6N3/c58-40-16-19-49(52(61)28-40)55-22-13-34(31-64-55)43-7-1-4-10-46(43)37-25-38(47-11-5-2-8-44(47)35-14-23-56(65-32-35)50-20-17-41(59)29-53(50)62)27-39(26-37)48-12-6-3-9-45(48)36-15-24-57(66-33-36)51-21-18-42(60)30-54(51)63/h1-33H. The minimum atomic E-state index is -0.706. The highest BCUT2D eigenvalue weighted by atomic mass is 19.2. The fourth-order valence-corrected chi connectivity index (χ4v) is 8.28. The molecule has 0 saturated carbocycles. The summed E-state index contributed by atoms with van der Waals surface area (Å²) in [4.78, 5) is 13.8. The van der Waals surface area contributed by atoms with Gasteiger partial charge in [0.05, 0.1) is 17.1 Å². The summed E-state index contributed by atoms with van der Waals surface area (Å²) < 4.78 is 85.5. The maximum atomic E-state index is 14.8. The molecule has 0 bridgehead atoms. The first-order valence-corrected chi connectivity index (χ1v) is 20.9. The smallest absolute Gasteiger partial charge is 0.135 e. The van der Waals surface area contributed by atoms with Gasteiger partial charge in [0.15, 0.2) is 0 Å². The van der Waals surface area contributed by atoms with Crippen molar-refractivity contribution in [3.05, 3.63) is 235 Å². The first kappa shape index (κ1) is 41.6. The molecule has 7 aromatic carbocycles. The van der Waals surface area contributed by atoms with Crippen LogP contribution in [0.1, 0.15) is 0 Å². The van der Waals surface area contributed by atoms with Crippen molar-refractivity contribution in [3.8, 4) is 101 Å². The molecule has 3 aromatic heterocycles. The molecule has 10 aromatic rings. The van der Waals surface area contributed by atoms with Crippen LogP contribution < -0.4 is 0 Å². The average Bonchev–Trinajstić information content (AvgIpc) is 3.34. The lowest BCUT2D eigenvalue weighted by molar-refractivity contribution is 0.584. The van der Waals surface area contributed by atoms with Crippen molar-refractivity contribution in [2.75, 3.05) is 0 Å². The van der Waals surface area contributed by atoms with Crippen molar-refractivity contribution in [1.82, 2.24) is 15.0 Å². The van der Waals surface area contributed by atoms with Crippen molar-refractivity contribution < 1.29 is 26.3 Å². The maximum Gasteiger partial charge on any atom is 0.135 e. The fourth-order valence-electron chi connectivity index (χ4n) is 8.28. The molecule has 3 heterocycles. The van der Waals surface area contributed by atoms with Crippen molar-refractivity contribution in [3.63, 3.8) is 0 Å². The Morgan fingerprint density at radius 2 is 0.485 bits per heavy atom. The molecule has 0 unspecified atom stereocenters. The summed E-state index contributed by atoms with van der Waals surface area (Å²) >= 11 is 0. The lowest BCUT2D eigenvalue weighted by Crippen LogP contribution is -1.94. The van der Waals surface area contributed by atoms with Gasteiger partial charge in [-0.2, -0.15) is 0 Å². The lowest BCUT2D eigenvalue weighted by atomic mass is 9.86. The van der Waals surface area contributed by atoms with Crippen LogP contribution in [0.15, 0.2) is 201 Å². The normalized spacial score (nSPS) is 11.2. The highest BCUT2D eigenvalue weighted by Gasteiger charge is 2.18. The van der Waals surface area contributed by atoms with E-state index in [1.165, 1.54) is 36.4 Å². The number of hydrogen-bond acceptors (Lipinski definition) is 3. The molecule has 0 N–H and O–H groups in total. The van der Waals surface area contributed by atoms with E-state index in [0.29, 0.717) is 17.1 Å². The van der Waals surface area contributed by atoms with Crippen LogP contribution in [0, 0.1) is 34.9 Å². The Balaban J connectivity index is 1.11. The number of benzene rings is 7. The van der Waals surface area contributed by atoms with Gasteiger partial charge >= 0.3 is 0 Å². The third kappa shape index (κ3) is 8.26. The van der Waals surface area contributed by atoms with Crippen LogP contribution in [-0.4, -0.2) is 15.0 Å². The summed E-state index contributed by atoms with van der Waals surface area (Å²) in [6, 6.07) is 51.0. The first-order chi connectivity index (χ1) is 32.2. The Morgan fingerprint density at radius 3 is 0.712 bits per heavy atom. The number of nitrogens with zero attached hydrogens (tertiary/aromatic N) is 3. The van der Waals surface area contributed by atoms with E-state index >= 15 is 0 Å². The third-order valence-corrected chi connectivity index (χ3v) is 11.5. The monoisotopic (exact) mass is 873 g/mol. The molecule has 318 valence electrons. The molecule has 0 aliphatic heterocycles. The molecule has 3 nitrogen and oxygen atoms in total. The van der Waals surface area contributed by atoms with Crippen LogP contribution in [0.25, 0.3) is 101 Å². The van der Waals surface area contributed by atoms with E-state index in [0.717, 1.165) is 85.0 Å². The van der Waals surface area contributed by atoms with Gasteiger partial charge in [-0.3, -0.25) is 15.0 Å². The zero-order valence-corrected chi connectivity index (χ0v) is 34.7. The van der Waals surface area contributed by atoms with Crippen LogP contribution in [-0.2, 0) is 0 Å². The van der Waals surface area contributed by atoms with Gasteiger partial charge in [-0.25, -0.2) is 26.3 Å². The topological polar surface area (TPSA) is 38.7 Å². The number of hydrogen-bond donors (Lipinski definition) is 0. The minimum absolute atomic E-state index is 0.186. The summed E-state index contributed by atoms with van der Waals surface area (Å²) in [5.41, 5.74) is 11.8.